The van der Waals surface area contributed by atoms with Crippen LogP contribution in [-0.4, -0.2) is 15.9 Å². The van der Waals surface area contributed by atoms with Crippen LogP contribution in [0.1, 0.15) is 50.5 Å². The molecule has 0 bridgehead atoms. The van der Waals surface area contributed by atoms with Gasteiger partial charge in [-0.2, -0.15) is 0 Å². The molecule has 5 heteroatoms. The van der Waals surface area contributed by atoms with E-state index in [1.807, 2.05) is 78.0 Å². The molecule has 4 nitrogen and oxygen atoms in total. The Morgan fingerprint density at radius 3 is 2.43 bits per heavy atom. The van der Waals surface area contributed by atoms with Crippen LogP contribution in [0.3, 0.4) is 0 Å². The van der Waals surface area contributed by atoms with Crippen molar-refractivity contribution in [2.45, 2.75) is 41.5 Å². The topological polar surface area (TPSA) is 54.9 Å². The molecule has 0 saturated heterocycles. The lowest BCUT2D eigenvalue weighted by Gasteiger charge is -2.10. The van der Waals surface area contributed by atoms with Crippen molar-refractivity contribution in [3.05, 3.63) is 76.4 Å². The molecule has 1 N–H and O–H groups in total. The molecule has 3 rings (SSSR count). The summed E-state index contributed by atoms with van der Waals surface area (Å²) in [6, 6.07) is 9.68. The maximum absolute atomic E-state index is 12.9. The second-order valence-electron chi connectivity index (χ2n) is 5.65. The first-order valence-electron chi connectivity index (χ1n) is 10.2. The molecule has 3 aromatic rings. The number of hydrogen-bond donors (Lipinski definition) is 1. The van der Waals surface area contributed by atoms with Crippen LogP contribution >= 0.6 is 11.3 Å². The molecule has 0 saturated carbocycles. The van der Waals surface area contributed by atoms with Crippen molar-refractivity contribution >= 4 is 34.5 Å². The molecular weight excluding hydrogens is 390 g/mol. The summed E-state index contributed by atoms with van der Waals surface area (Å²) in [6.45, 7) is 15.7. The van der Waals surface area contributed by atoms with Crippen molar-refractivity contribution in [2.24, 2.45) is 0 Å². The van der Waals surface area contributed by atoms with E-state index >= 15 is 0 Å². The number of pyridine rings is 1. The Morgan fingerprint density at radius 1 is 1.10 bits per heavy atom. The fraction of sp³-hybridized carbons (Fsp3) is 0.240. The Labute approximate surface area is 183 Å². The van der Waals surface area contributed by atoms with Gasteiger partial charge in [-0.15, -0.1) is 0 Å². The Bertz CT molecular complexity index is 1080. The van der Waals surface area contributed by atoms with Crippen LogP contribution in [0.2, 0.25) is 0 Å². The number of nitrogens with one attached hydrogen (secondary N) is 1. The third-order valence-electron chi connectivity index (χ3n) is 3.95. The fourth-order valence-electron chi connectivity index (χ4n) is 2.68. The average molecular weight is 422 g/mol. The lowest BCUT2D eigenvalue weighted by Crippen LogP contribution is -2.20. The highest BCUT2D eigenvalue weighted by Gasteiger charge is 2.15. The predicted octanol–water partition coefficient (Wildman–Crippen LogP) is 5.59. The lowest BCUT2D eigenvalue weighted by molar-refractivity contribution is 0.102. The summed E-state index contributed by atoms with van der Waals surface area (Å²) in [7, 11) is 0. The van der Waals surface area contributed by atoms with Gasteiger partial charge in [-0.25, -0.2) is 4.98 Å². The largest absolute Gasteiger partial charge is 0.298 e. The number of carbonyl (C=O) groups excluding carboxylic acids is 1. The van der Waals surface area contributed by atoms with Gasteiger partial charge in [0.1, 0.15) is 0 Å². The molecule has 0 aliphatic carbocycles. The number of rotatable bonds is 4. The number of aromatic nitrogens is 2. The zero-order chi connectivity index (χ0) is 22.5. The third-order valence-corrected chi connectivity index (χ3v) is 4.90. The maximum Gasteiger partial charge on any atom is 0.258 e. The SMILES string of the molecule is C=C/C=c1/sc(NC(=O)c2ccncc2-c2ccccc2C)n/c1=C/C.CC.CC. The normalized spacial score (nSPS) is 11.0. The summed E-state index contributed by atoms with van der Waals surface area (Å²) in [5, 5.41) is 4.30. The van der Waals surface area contributed by atoms with Gasteiger partial charge < -0.3 is 0 Å². The number of aryl methyl sites for hydroxylation is 1. The molecule has 0 aliphatic rings. The summed E-state index contributed by atoms with van der Waals surface area (Å²) in [5.41, 5.74) is 3.46. The standard InChI is InChI=1S/C21H19N3OS.2C2H6/c1-4-8-19-18(5-2)23-21(26-19)24-20(25)16-11-12-22-13-17(16)15-10-7-6-9-14(15)3;2*1-2/h4-13H,1H2,2-3H3,(H,23,24,25);2*1-2H3/b18-5+,19-8+;;. The minimum Gasteiger partial charge on any atom is -0.298 e. The first-order chi connectivity index (χ1) is 14.6. The van der Waals surface area contributed by atoms with Crippen molar-refractivity contribution in [1.82, 2.24) is 9.97 Å². The highest BCUT2D eigenvalue weighted by atomic mass is 32.1. The minimum atomic E-state index is -0.202. The molecule has 0 fully saturated rings. The van der Waals surface area contributed by atoms with Crippen molar-refractivity contribution in [3.63, 3.8) is 0 Å². The van der Waals surface area contributed by atoms with Gasteiger partial charge in [0, 0.05) is 18.0 Å². The van der Waals surface area contributed by atoms with Gasteiger partial charge in [0.15, 0.2) is 5.13 Å². The second kappa shape index (κ2) is 13.2. The van der Waals surface area contributed by atoms with E-state index in [0.717, 1.165) is 26.6 Å². The molecule has 2 heterocycles. The number of carbonyl (C=O) groups is 1. The van der Waals surface area contributed by atoms with E-state index in [0.29, 0.717) is 10.7 Å². The molecule has 30 heavy (non-hydrogen) atoms. The zero-order valence-electron chi connectivity index (χ0n) is 18.7. The first kappa shape index (κ1) is 25.0. The summed E-state index contributed by atoms with van der Waals surface area (Å²) >= 11 is 1.42. The molecule has 1 amide bonds. The zero-order valence-corrected chi connectivity index (χ0v) is 19.5. The number of thiazole rings is 1. The maximum atomic E-state index is 12.9. The number of benzene rings is 1. The van der Waals surface area contributed by atoms with Crippen molar-refractivity contribution in [2.75, 3.05) is 5.32 Å². The van der Waals surface area contributed by atoms with Gasteiger partial charge in [-0.05, 0) is 37.1 Å². The van der Waals surface area contributed by atoms with Gasteiger partial charge in [-0.3, -0.25) is 15.1 Å². The minimum absolute atomic E-state index is 0.202. The van der Waals surface area contributed by atoms with E-state index in [9.17, 15) is 4.79 Å². The van der Waals surface area contributed by atoms with E-state index in [4.69, 9.17) is 0 Å². The van der Waals surface area contributed by atoms with Crippen LogP contribution in [0.15, 0.2) is 55.4 Å². The predicted molar refractivity (Wildman–Crippen MR) is 131 cm³/mol. The molecule has 0 atom stereocenters. The highest BCUT2D eigenvalue weighted by Crippen LogP contribution is 2.26. The quantitative estimate of drug-likeness (QED) is 0.598. The van der Waals surface area contributed by atoms with E-state index in [1.165, 1.54) is 11.3 Å². The smallest absolute Gasteiger partial charge is 0.258 e. The number of hydrogen-bond acceptors (Lipinski definition) is 4. The van der Waals surface area contributed by atoms with Crippen LogP contribution in [0.25, 0.3) is 23.3 Å². The van der Waals surface area contributed by atoms with E-state index in [-0.39, 0.29) is 5.91 Å². The average Bonchev–Trinajstić information content (AvgIpc) is 3.18. The molecule has 0 unspecified atom stereocenters. The number of allylic oxidation sites excluding steroid dienone is 1. The molecule has 0 aliphatic heterocycles. The van der Waals surface area contributed by atoms with Gasteiger partial charge in [0.05, 0.1) is 15.4 Å². The number of amides is 1. The van der Waals surface area contributed by atoms with Crippen LogP contribution in [0.5, 0.6) is 0 Å². The molecule has 158 valence electrons. The van der Waals surface area contributed by atoms with Crippen LogP contribution in [0, 0.1) is 6.92 Å². The Morgan fingerprint density at radius 2 is 1.80 bits per heavy atom. The first-order valence-corrected chi connectivity index (χ1v) is 11.0. The van der Waals surface area contributed by atoms with Gasteiger partial charge in [0.25, 0.3) is 5.91 Å². The number of anilines is 1. The fourth-order valence-corrected chi connectivity index (χ4v) is 3.61. The highest BCUT2D eigenvalue weighted by molar-refractivity contribution is 7.13. The third kappa shape index (κ3) is 6.22. The van der Waals surface area contributed by atoms with E-state index in [1.54, 1.807) is 24.5 Å². The molecular formula is C25H31N3OS. The Balaban J connectivity index is 0.00000106. The lowest BCUT2D eigenvalue weighted by atomic mass is 9.97. The van der Waals surface area contributed by atoms with Crippen molar-refractivity contribution < 1.29 is 4.79 Å². The molecule has 1 aromatic carbocycles. The van der Waals surface area contributed by atoms with Crippen LogP contribution in [-0.2, 0) is 0 Å². The van der Waals surface area contributed by atoms with E-state index in [2.05, 4.69) is 21.9 Å². The molecule has 2 aromatic heterocycles. The monoisotopic (exact) mass is 421 g/mol. The summed E-state index contributed by atoms with van der Waals surface area (Å²) < 4.78 is 0.964. The van der Waals surface area contributed by atoms with E-state index < -0.39 is 0 Å². The van der Waals surface area contributed by atoms with Crippen molar-refractivity contribution in [3.8, 4) is 11.1 Å². The molecule has 0 spiro atoms. The van der Waals surface area contributed by atoms with Gasteiger partial charge in [-0.1, -0.05) is 82.0 Å². The Hall–Kier alpha value is -3.05. The summed E-state index contributed by atoms with van der Waals surface area (Å²) in [6.07, 6.45) is 8.85. The molecule has 0 radical (unpaired) electrons. The Kier molecular flexibility index (Phi) is 11.0. The summed E-state index contributed by atoms with van der Waals surface area (Å²) in [5.74, 6) is -0.202. The van der Waals surface area contributed by atoms with Crippen LogP contribution in [0.4, 0.5) is 5.13 Å². The van der Waals surface area contributed by atoms with Crippen LogP contribution < -0.4 is 15.2 Å². The summed E-state index contributed by atoms with van der Waals surface area (Å²) in [4.78, 5) is 21.5. The van der Waals surface area contributed by atoms with Crippen molar-refractivity contribution in [1.29, 1.82) is 0 Å². The second-order valence-corrected chi connectivity index (χ2v) is 6.68. The van der Waals surface area contributed by atoms with Gasteiger partial charge in [0.2, 0.25) is 0 Å². The number of nitrogens with zero attached hydrogens (tertiary/aromatic N) is 2. The van der Waals surface area contributed by atoms with Gasteiger partial charge >= 0.3 is 0 Å².